The summed E-state index contributed by atoms with van der Waals surface area (Å²) in [4.78, 5) is 11.7. The van der Waals surface area contributed by atoms with Crippen LogP contribution in [0.25, 0.3) is 0 Å². The highest BCUT2D eigenvalue weighted by Gasteiger charge is 2.44. The van der Waals surface area contributed by atoms with Crippen molar-refractivity contribution in [2.24, 2.45) is 0 Å². The molecule has 1 fully saturated rings. The molecule has 0 aromatic carbocycles. The number of nitrogens with one attached hydrogen (secondary N) is 1. The van der Waals surface area contributed by atoms with E-state index in [0.717, 1.165) is 4.90 Å². The van der Waals surface area contributed by atoms with Crippen molar-refractivity contribution in [1.82, 2.24) is 10.2 Å². The van der Waals surface area contributed by atoms with Gasteiger partial charge < -0.3 is 10.2 Å². The second-order valence-corrected chi connectivity index (χ2v) is 4.06. The highest BCUT2D eigenvalue weighted by Crippen LogP contribution is 2.21. The lowest BCUT2D eigenvalue weighted by Gasteiger charge is -2.19. The van der Waals surface area contributed by atoms with E-state index >= 15 is 0 Å². The van der Waals surface area contributed by atoms with Gasteiger partial charge in [-0.05, 0) is 6.42 Å². The molecule has 1 rings (SSSR count). The molecule has 0 radical (unpaired) electrons. The van der Waals surface area contributed by atoms with Gasteiger partial charge in [0.1, 0.15) is 0 Å². The molecule has 0 unspecified atom stereocenters. The normalized spacial score (nSPS) is 22.5. The molecule has 1 atom stereocenters. The number of alkyl halides is 3. The van der Waals surface area contributed by atoms with Crippen molar-refractivity contribution in [3.8, 4) is 0 Å². The zero-order valence-electron chi connectivity index (χ0n) is 8.77. The first kappa shape index (κ1) is 12.3. The third kappa shape index (κ3) is 3.37. The molecule has 1 heterocycles. The maximum Gasteiger partial charge on any atom is 0.471 e. The second kappa shape index (κ2) is 4.38. The summed E-state index contributed by atoms with van der Waals surface area (Å²) in [6.07, 6.45) is -4.16. The second-order valence-electron chi connectivity index (χ2n) is 4.06. The zero-order valence-corrected chi connectivity index (χ0v) is 8.77. The number of carbonyl (C=O) groups excluding carboxylic acids is 1. The average molecular weight is 224 g/mol. The van der Waals surface area contributed by atoms with Gasteiger partial charge in [-0.3, -0.25) is 4.79 Å². The van der Waals surface area contributed by atoms with E-state index in [1.54, 1.807) is 0 Å². The van der Waals surface area contributed by atoms with Crippen LogP contribution < -0.4 is 5.32 Å². The topological polar surface area (TPSA) is 32.3 Å². The highest BCUT2D eigenvalue weighted by atomic mass is 19.4. The molecule has 88 valence electrons. The van der Waals surface area contributed by atoms with Crippen LogP contribution in [0.3, 0.4) is 0 Å². The Kier molecular flexibility index (Phi) is 3.59. The molecule has 1 aliphatic rings. The van der Waals surface area contributed by atoms with Crippen LogP contribution in [0.4, 0.5) is 13.2 Å². The minimum absolute atomic E-state index is 0.0173. The van der Waals surface area contributed by atoms with Crippen molar-refractivity contribution in [2.45, 2.75) is 38.5 Å². The van der Waals surface area contributed by atoms with E-state index in [1.165, 1.54) is 0 Å². The Balaban J connectivity index is 2.46. The quantitative estimate of drug-likeness (QED) is 0.763. The van der Waals surface area contributed by atoms with Crippen molar-refractivity contribution in [3.05, 3.63) is 0 Å². The number of halogens is 3. The van der Waals surface area contributed by atoms with Gasteiger partial charge >= 0.3 is 12.1 Å². The van der Waals surface area contributed by atoms with Crippen molar-refractivity contribution in [1.29, 1.82) is 0 Å². The number of carbonyl (C=O) groups is 1. The maximum atomic E-state index is 12.1. The summed E-state index contributed by atoms with van der Waals surface area (Å²) >= 11 is 0. The number of amides is 1. The number of hydrogen-bond acceptors (Lipinski definition) is 2. The first-order valence-corrected chi connectivity index (χ1v) is 4.93. The lowest BCUT2D eigenvalue weighted by atomic mass is 10.2. The first-order chi connectivity index (χ1) is 6.80. The monoisotopic (exact) mass is 224 g/mol. The van der Waals surface area contributed by atoms with Gasteiger partial charge in [0, 0.05) is 25.2 Å². The molecular weight excluding hydrogens is 209 g/mol. The third-order valence-electron chi connectivity index (χ3n) is 2.29. The van der Waals surface area contributed by atoms with Crippen LogP contribution in [0.2, 0.25) is 0 Å². The van der Waals surface area contributed by atoms with E-state index < -0.39 is 12.1 Å². The molecule has 0 bridgehead atoms. The van der Waals surface area contributed by atoms with E-state index in [2.05, 4.69) is 5.32 Å². The molecule has 0 aromatic heterocycles. The summed E-state index contributed by atoms with van der Waals surface area (Å²) in [5, 5.41) is 3.12. The summed E-state index contributed by atoms with van der Waals surface area (Å²) in [6, 6.07) is 0.201. The van der Waals surface area contributed by atoms with Crippen molar-refractivity contribution < 1.29 is 18.0 Å². The van der Waals surface area contributed by atoms with E-state index in [9.17, 15) is 18.0 Å². The third-order valence-corrected chi connectivity index (χ3v) is 2.29. The minimum Gasteiger partial charge on any atom is -0.333 e. The Morgan fingerprint density at radius 1 is 1.47 bits per heavy atom. The van der Waals surface area contributed by atoms with E-state index in [4.69, 9.17) is 0 Å². The van der Waals surface area contributed by atoms with Crippen molar-refractivity contribution in [2.75, 3.05) is 13.1 Å². The maximum absolute atomic E-state index is 12.1. The fraction of sp³-hybridized carbons (Fsp3) is 0.889. The van der Waals surface area contributed by atoms with Gasteiger partial charge in [0.2, 0.25) is 0 Å². The Labute approximate surface area is 86.6 Å². The van der Waals surface area contributed by atoms with Crippen LogP contribution in [-0.4, -0.2) is 42.2 Å². The number of hydrogen-bond donors (Lipinski definition) is 1. The van der Waals surface area contributed by atoms with Gasteiger partial charge in [-0.25, -0.2) is 0 Å². The summed E-state index contributed by atoms with van der Waals surface area (Å²) in [7, 11) is 0. The Morgan fingerprint density at radius 3 is 2.53 bits per heavy atom. The summed E-state index contributed by atoms with van der Waals surface area (Å²) in [5.74, 6) is -1.73. The van der Waals surface area contributed by atoms with Gasteiger partial charge in [0.25, 0.3) is 0 Å². The van der Waals surface area contributed by atoms with Gasteiger partial charge in [0.05, 0.1) is 0 Å². The summed E-state index contributed by atoms with van der Waals surface area (Å²) in [5.41, 5.74) is 0. The SMILES string of the molecule is CC(C)N[C@@H]1CCN(C(=O)C(F)(F)F)C1. The molecule has 6 heteroatoms. The van der Waals surface area contributed by atoms with E-state index in [1.807, 2.05) is 13.8 Å². The molecular formula is C9H15F3N2O. The molecule has 15 heavy (non-hydrogen) atoms. The fourth-order valence-electron chi connectivity index (χ4n) is 1.73. The van der Waals surface area contributed by atoms with Gasteiger partial charge in [0.15, 0.2) is 0 Å². The number of likely N-dealkylation sites (tertiary alicyclic amines) is 1. The van der Waals surface area contributed by atoms with Crippen LogP contribution in [0.5, 0.6) is 0 Å². The molecule has 1 saturated heterocycles. The lowest BCUT2D eigenvalue weighted by molar-refractivity contribution is -0.184. The van der Waals surface area contributed by atoms with Crippen molar-refractivity contribution >= 4 is 5.91 Å². The Morgan fingerprint density at radius 2 is 2.07 bits per heavy atom. The molecule has 1 aliphatic heterocycles. The molecule has 0 spiro atoms. The number of rotatable bonds is 2. The minimum atomic E-state index is -4.74. The molecule has 0 aliphatic carbocycles. The molecule has 0 aromatic rings. The van der Waals surface area contributed by atoms with E-state index in [-0.39, 0.29) is 25.2 Å². The van der Waals surface area contributed by atoms with Crippen molar-refractivity contribution in [3.63, 3.8) is 0 Å². The van der Waals surface area contributed by atoms with E-state index in [0.29, 0.717) is 6.42 Å². The molecule has 1 amide bonds. The first-order valence-electron chi connectivity index (χ1n) is 4.93. The highest BCUT2D eigenvalue weighted by molar-refractivity contribution is 5.82. The lowest BCUT2D eigenvalue weighted by Crippen LogP contribution is -2.42. The van der Waals surface area contributed by atoms with Gasteiger partial charge in [-0.2, -0.15) is 13.2 Å². The predicted molar refractivity (Wildman–Crippen MR) is 49.3 cm³/mol. The van der Waals surface area contributed by atoms with Crippen LogP contribution in [0.15, 0.2) is 0 Å². The Bertz CT molecular complexity index is 240. The van der Waals surface area contributed by atoms with Gasteiger partial charge in [-0.1, -0.05) is 13.8 Å². The zero-order chi connectivity index (χ0) is 11.6. The smallest absolute Gasteiger partial charge is 0.333 e. The van der Waals surface area contributed by atoms with Crippen LogP contribution >= 0.6 is 0 Å². The molecule has 0 saturated carbocycles. The number of nitrogens with zero attached hydrogens (tertiary/aromatic N) is 1. The summed E-state index contributed by atoms with van der Waals surface area (Å²) < 4.78 is 36.2. The fourth-order valence-corrected chi connectivity index (χ4v) is 1.73. The average Bonchev–Trinajstić information content (AvgIpc) is 2.48. The molecule has 3 nitrogen and oxygen atoms in total. The summed E-state index contributed by atoms with van der Waals surface area (Å²) in [6.45, 7) is 4.18. The van der Waals surface area contributed by atoms with Gasteiger partial charge in [-0.15, -0.1) is 0 Å². The predicted octanol–water partition coefficient (Wildman–Crippen LogP) is 1.15. The van der Waals surface area contributed by atoms with Crippen LogP contribution in [0, 0.1) is 0 Å². The standard InChI is InChI=1S/C9H15F3N2O/c1-6(2)13-7-3-4-14(5-7)8(15)9(10,11)12/h6-7,13H,3-5H2,1-2H3/t7-/m1/s1. The van der Waals surface area contributed by atoms with Crippen LogP contribution in [-0.2, 0) is 4.79 Å². The van der Waals surface area contributed by atoms with Crippen LogP contribution in [0.1, 0.15) is 20.3 Å². The molecule has 1 N–H and O–H groups in total. The largest absolute Gasteiger partial charge is 0.471 e. The Hall–Kier alpha value is -0.780.